The first-order valence-electron chi connectivity index (χ1n) is 7.57. The van der Waals surface area contributed by atoms with Gasteiger partial charge in [-0.25, -0.2) is 4.98 Å². The number of fused-ring (bicyclic) bond motifs is 1. The molecule has 1 aromatic carbocycles. The van der Waals surface area contributed by atoms with Crippen LogP contribution in [-0.2, 0) is 0 Å². The van der Waals surface area contributed by atoms with E-state index in [1.165, 1.54) is 35.4 Å². The van der Waals surface area contributed by atoms with Gasteiger partial charge in [-0.3, -0.25) is 0 Å². The highest BCUT2D eigenvalue weighted by Gasteiger charge is 2.25. The molecular weight excluding hydrogens is 268 g/mol. The average molecular weight is 290 g/mol. The lowest BCUT2D eigenvalue weighted by Gasteiger charge is -2.18. The van der Waals surface area contributed by atoms with Crippen molar-refractivity contribution in [2.45, 2.75) is 51.0 Å². The number of hydrogen-bond donors (Lipinski definition) is 1. The lowest BCUT2D eigenvalue weighted by molar-refractivity contribution is 0.341. The van der Waals surface area contributed by atoms with E-state index in [0.29, 0.717) is 12.5 Å². The van der Waals surface area contributed by atoms with Gasteiger partial charge in [0.15, 0.2) is 0 Å². The fourth-order valence-electron chi connectivity index (χ4n) is 2.98. The molecule has 108 valence electrons. The van der Waals surface area contributed by atoms with Crippen LogP contribution in [0.15, 0.2) is 18.2 Å². The maximum absolute atomic E-state index is 6.35. The van der Waals surface area contributed by atoms with Crippen LogP contribution in [0.4, 0.5) is 0 Å². The standard InChI is InChI=1S/C16H22N2OS/c1-2-19-11-8-9-14-15(10-11)20-16(18-14)12-6-4-3-5-7-13(12)17/h8-10,12-13H,2-7,17H2,1H3. The first-order valence-corrected chi connectivity index (χ1v) is 8.38. The molecule has 1 aromatic heterocycles. The first-order chi connectivity index (χ1) is 9.78. The molecule has 0 aliphatic heterocycles. The molecule has 1 aliphatic carbocycles. The summed E-state index contributed by atoms with van der Waals surface area (Å²) < 4.78 is 6.77. The molecule has 1 fully saturated rings. The summed E-state index contributed by atoms with van der Waals surface area (Å²) in [5.41, 5.74) is 7.43. The van der Waals surface area contributed by atoms with E-state index in [2.05, 4.69) is 12.1 Å². The highest BCUT2D eigenvalue weighted by atomic mass is 32.1. The molecule has 0 spiro atoms. The lowest BCUT2D eigenvalue weighted by atomic mass is 9.96. The maximum atomic E-state index is 6.35. The maximum Gasteiger partial charge on any atom is 0.120 e. The molecule has 2 aromatic rings. The minimum Gasteiger partial charge on any atom is -0.494 e. The van der Waals surface area contributed by atoms with Crippen LogP contribution >= 0.6 is 11.3 Å². The zero-order chi connectivity index (χ0) is 13.9. The molecule has 0 saturated heterocycles. The van der Waals surface area contributed by atoms with Gasteiger partial charge in [0.1, 0.15) is 5.75 Å². The molecular formula is C16H22N2OS. The Kier molecular flexibility index (Phi) is 4.22. The van der Waals surface area contributed by atoms with Gasteiger partial charge in [0.05, 0.1) is 21.8 Å². The number of nitrogens with two attached hydrogens (primary N) is 1. The smallest absolute Gasteiger partial charge is 0.120 e. The fourth-order valence-corrected chi connectivity index (χ4v) is 4.19. The number of ether oxygens (including phenoxy) is 1. The van der Waals surface area contributed by atoms with Crippen LogP contribution in [0, 0.1) is 0 Å². The van der Waals surface area contributed by atoms with Crippen molar-refractivity contribution in [2.24, 2.45) is 5.73 Å². The van der Waals surface area contributed by atoms with Gasteiger partial charge in [-0.1, -0.05) is 19.3 Å². The van der Waals surface area contributed by atoms with Gasteiger partial charge in [-0.15, -0.1) is 11.3 Å². The van der Waals surface area contributed by atoms with Gasteiger partial charge in [0, 0.05) is 12.0 Å². The Bertz CT molecular complexity index is 581. The molecule has 0 amide bonds. The Balaban J connectivity index is 1.91. The summed E-state index contributed by atoms with van der Waals surface area (Å²) in [6.45, 7) is 2.71. The Morgan fingerprint density at radius 2 is 2.15 bits per heavy atom. The molecule has 20 heavy (non-hydrogen) atoms. The van der Waals surface area contributed by atoms with E-state index < -0.39 is 0 Å². The van der Waals surface area contributed by atoms with Crippen LogP contribution in [-0.4, -0.2) is 17.6 Å². The van der Waals surface area contributed by atoms with Crippen molar-refractivity contribution in [3.8, 4) is 5.75 Å². The largest absolute Gasteiger partial charge is 0.494 e. The zero-order valence-corrected chi connectivity index (χ0v) is 12.8. The van der Waals surface area contributed by atoms with E-state index in [1.54, 1.807) is 11.3 Å². The van der Waals surface area contributed by atoms with E-state index in [1.807, 2.05) is 13.0 Å². The second-order valence-electron chi connectivity index (χ2n) is 5.52. The molecule has 0 radical (unpaired) electrons. The number of nitrogens with zero attached hydrogens (tertiary/aromatic N) is 1. The molecule has 1 heterocycles. The number of rotatable bonds is 3. The van der Waals surface area contributed by atoms with Crippen molar-refractivity contribution in [3.63, 3.8) is 0 Å². The summed E-state index contributed by atoms with van der Waals surface area (Å²) in [5.74, 6) is 1.37. The SMILES string of the molecule is CCOc1ccc2nc(C3CCCCCC3N)sc2c1. The first kappa shape index (κ1) is 13.8. The number of aromatic nitrogens is 1. The van der Waals surface area contributed by atoms with Crippen molar-refractivity contribution in [3.05, 3.63) is 23.2 Å². The van der Waals surface area contributed by atoms with Crippen molar-refractivity contribution < 1.29 is 4.74 Å². The third-order valence-corrected chi connectivity index (χ3v) is 5.22. The second-order valence-corrected chi connectivity index (χ2v) is 6.59. The summed E-state index contributed by atoms with van der Waals surface area (Å²) in [4.78, 5) is 4.81. The van der Waals surface area contributed by atoms with Gasteiger partial charge in [-0.2, -0.15) is 0 Å². The molecule has 3 rings (SSSR count). The van der Waals surface area contributed by atoms with Crippen LogP contribution in [0.2, 0.25) is 0 Å². The summed E-state index contributed by atoms with van der Waals surface area (Å²) in [6.07, 6.45) is 6.16. The Hall–Kier alpha value is -1.13. The minimum atomic E-state index is 0.268. The van der Waals surface area contributed by atoms with Crippen LogP contribution in [0.25, 0.3) is 10.2 Å². The molecule has 2 N–H and O–H groups in total. The number of benzene rings is 1. The molecule has 1 aliphatic rings. The summed E-state index contributed by atoms with van der Waals surface area (Å²) >= 11 is 1.79. The molecule has 4 heteroatoms. The Morgan fingerprint density at radius 1 is 1.30 bits per heavy atom. The minimum absolute atomic E-state index is 0.268. The molecule has 1 saturated carbocycles. The van der Waals surface area contributed by atoms with Crippen LogP contribution in [0.3, 0.4) is 0 Å². The average Bonchev–Trinajstić information content (AvgIpc) is 2.73. The highest BCUT2D eigenvalue weighted by molar-refractivity contribution is 7.18. The predicted octanol–water partition coefficient (Wildman–Crippen LogP) is 4.07. The van der Waals surface area contributed by atoms with Gasteiger partial charge in [0.2, 0.25) is 0 Å². The zero-order valence-electron chi connectivity index (χ0n) is 12.0. The molecule has 0 bridgehead atoms. The van der Waals surface area contributed by atoms with E-state index in [0.717, 1.165) is 17.7 Å². The van der Waals surface area contributed by atoms with Gasteiger partial charge < -0.3 is 10.5 Å². The van der Waals surface area contributed by atoms with Crippen molar-refractivity contribution >= 4 is 21.6 Å². The fraction of sp³-hybridized carbons (Fsp3) is 0.562. The third-order valence-electron chi connectivity index (χ3n) is 4.07. The molecule has 2 atom stereocenters. The van der Waals surface area contributed by atoms with Gasteiger partial charge in [0.25, 0.3) is 0 Å². The Morgan fingerprint density at radius 3 is 3.00 bits per heavy atom. The van der Waals surface area contributed by atoms with Crippen molar-refractivity contribution in [2.75, 3.05) is 6.61 Å². The topological polar surface area (TPSA) is 48.1 Å². The molecule has 3 nitrogen and oxygen atoms in total. The second kappa shape index (κ2) is 6.10. The van der Waals surface area contributed by atoms with E-state index in [-0.39, 0.29) is 6.04 Å². The quantitative estimate of drug-likeness (QED) is 0.867. The van der Waals surface area contributed by atoms with Crippen LogP contribution in [0.1, 0.15) is 50.0 Å². The van der Waals surface area contributed by atoms with Crippen molar-refractivity contribution in [1.29, 1.82) is 0 Å². The van der Waals surface area contributed by atoms with E-state index >= 15 is 0 Å². The number of hydrogen-bond acceptors (Lipinski definition) is 4. The lowest BCUT2D eigenvalue weighted by Crippen LogP contribution is -2.27. The van der Waals surface area contributed by atoms with Crippen LogP contribution in [0.5, 0.6) is 5.75 Å². The summed E-state index contributed by atoms with van der Waals surface area (Å²) in [6, 6.07) is 6.43. The number of thiazole rings is 1. The predicted molar refractivity (Wildman–Crippen MR) is 84.6 cm³/mol. The van der Waals surface area contributed by atoms with E-state index in [4.69, 9.17) is 15.5 Å². The summed E-state index contributed by atoms with van der Waals surface area (Å²) in [5, 5.41) is 1.21. The monoisotopic (exact) mass is 290 g/mol. The van der Waals surface area contributed by atoms with Gasteiger partial charge >= 0.3 is 0 Å². The van der Waals surface area contributed by atoms with Gasteiger partial charge in [-0.05, 0) is 38.0 Å². The van der Waals surface area contributed by atoms with Crippen LogP contribution < -0.4 is 10.5 Å². The third kappa shape index (κ3) is 2.81. The van der Waals surface area contributed by atoms with Crippen molar-refractivity contribution in [1.82, 2.24) is 4.98 Å². The summed E-state index contributed by atoms with van der Waals surface area (Å²) in [7, 11) is 0. The normalized spacial score (nSPS) is 23.7. The Labute approximate surface area is 124 Å². The highest BCUT2D eigenvalue weighted by Crippen LogP contribution is 2.36. The molecule has 2 unspecified atom stereocenters. The van der Waals surface area contributed by atoms with E-state index in [9.17, 15) is 0 Å².